The van der Waals surface area contributed by atoms with Crippen LogP contribution in [0.4, 0.5) is 4.39 Å². The van der Waals surface area contributed by atoms with Crippen molar-refractivity contribution in [3.8, 4) is 22.4 Å². The van der Waals surface area contributed by atoms with Crippen molar-refractivity contribution in [2.75, 3.05) is 13.2 Å². The average Bonchev–Trinajstić information content (AvgIpc) is 3.57. The molecule has 0 unspecified atom stereocenters. The van der Waals surface area contributed by atoms with Crippen LogP contribution in [-0.2, 0) is 11.8 Å². The van der Waals surface area contributed by atoms with Gasteiger partial charge in [0.25, 0.3) is 5.91 Å². The number of aromatic amines is 1. The van der Waals surface area contributed by atoms with Crippen LogP contribution in [0.5, 0.6) is 0 Å². The van der Waals surface area contributed by atoms with Crippen LogP contribution < -0.4 is 11.1 Å². The Morgan fingerprint density at radius 2 is 2.00 bits per heavy atom. The molecule has 0 spiro atoms. The molecule has 9 nitrogen and oxygen atoms in total. The summed E-state index contributed by atoms with van der Waals surface area (Å²) in [6, 6.07) is 8.27. The third-order valence-electron chi connectivity index (χ3n) is 6.34. The monoisotopic (exact) mass is 471 g/mol. The first kappa shape index (κ1) is 21.4. The lowest BCUT2D eigenvalue weighted by Crippen LogP contribution is -2.46. The molecule has 0 saturated carbocycles. The van der Waals surface area contributed by atoms with Crippen LogP contribution in [0.3, 0.4) is 0 Å². The molecule has 176 valence electrons. The molecule has 1 amide bonds. The van der Waals surface area contributed by atoms with Gasteiger partial charge in [-0.2, -0.15) is 5.10 Å². The van der Waals surface area contributed by atoms with Crippen molar-refractivity contribution in [2.45, 2.75) is 12.1 Å². The zero-order valence-corrected chi connectivity index (χ0v) is 18.8. The zero-order chi connectivity index (χ0) is 24.1. The van der Waals surface area contributed by atoms with Gasteiger partial charge in [0.2, 0.25) is 0 Å². The lowest BCUT2D eigenvalue weighted by Gasteiger charge is -2.15. The molecule has 5 heterocycles. The molecular formula is C25H22FN7O2. The van der Waals surface area contributed by atoms with Crippen molar-refractivity contribution < 1.29 is 13.9 Å². The van der Waals surface area contributed by atoms with Crippen LogP contribution in [0.2, 0.25) is 0 Å². The third-order valence-corrected chi connectivity index (χ3v) is 6.34. The third kappa shape index (κ3) is 3.72. The largest absolute Gasteiger partial charge is 0.378 e. The normalized spacial score (nSPS) is 17.9. The van der Waals surface area contributed by atoms with E-state index in [0.717, 1.165) is 22.2 Å². The summed E-state index contributed by atoms with van der Waals surface area (Å²) < 4.78 is 22.2. The Morgan fingerprint density at radius 3 is 2.71 bits per heavy atom. The molecule has 1 saturated heterocycles. The molecule has 2 atom stereocenters. The number of hydrogen-bond donors (Lipinski definition) is 3. The number of nitrogens with zero attached hydrogens (tertiary/aromatic N) is 4. The van der Waals surface area contributed by atoms with E-state index in [4.69, 9.17) is 10.5 Å². The summed E-state index contributed by atoms with van der Waals surface area (Å²) in [6.07, 6.45) is 6.52. The van der Waals surface area contributed by atoms with Crippen molar-refractivity contribution in [2.24, 2.45) is 12.8 Å². The fraction of sp³-hybridized carbons (Fsp3) is 0.200. The first-order valence-electron chi connectivity index (χ1n) is 11.2. The molecule has 1 aromatic carbocycles. The van der Waals surface area contributed by atoms with Crippen molar-refractivity contribution in [3.63, 3.8) is 0 Å². The molecule has 10 heteroatoms. The molecule has 1 aliphatic rings. The number of carbonyl (C=O) groups excluding carboxylic acids is 1. The summed E-state index contributed by atoms with van der Waals surface area (Å²) in [5.74, 6) is -0.702. The van der Waals surface area contributed by atoms with Crippen LogP contribution in [0, 0.1) is 5.82 Å². The number of amides is 1. The number of aromatic nitrogens is 5. The molecule has 0 aliphatic carbocycles. The van der Waals surface area contributed by atoms with Gasteiger partial charge in [-0.25, -0.2) is 9.37 Å². The molecule has 4 aromatic heterocycles. The van der Waals surface area contributed by atoms with Gasteiger partial charge in [0.1, 0.15) is 11.5 Å². The minimum atomic E-state index is -0.454. The van der Waals surface area contributed by atoms with Gasteiger partial charge in [-0.3, -0.25) is 14.5 Å². The van der Waals surface area contributed by atoms with E-state index in [2.05, 4.69) is 25.4 Å². The van der Waals surface area contributed by atoms with E-state index in [1.165, 1.54) is 6.20 Å². The summed E-state index contributed by atoms with van der Waals surface area (Å²) in [6.45, 7) is 0.811. The maximum absolute atomic E-state index is 15.2. The van der Waals surface area contributed by atoms with E-state index >= 15 is 4.39 Å². The number of aryl methyl sites for hydroxylation is 1. The number of ether oxygens (including phenoxy) is 1. The molecule has 0 bridgehead atoms. The highest BCUT2D eigenvalue weighted by molar-refractivity contribution is 6.13. The topological polar surface area (TPSA) is 124 Å². The Bertz CT molecular complexity index is 1570. The van der Waals surface area contributed by atoms with Crippen LogP contribution in [0.1, 0.15) is 10.4 Å². The highest BCUT2D eigenvalue weighted by Gasteiger charge is 2.26. The predicted molar refractivity (Wildman–Crippen MR) is 129 cm³/mol. The molecule has 4 N–H and O–H groups in total. The Morgan fingerprint density at radius 1 is 1.17 bits per heavy atom. The van der Waals surface area contributed by atoms with E-state index in [1.807, 2.05) is 19.3 Å². The van der Waals surface area contributed by atoms with Gasteiger partial charge in [-0.15, -0.1) is 0 Å². The number of halogens is 1. The van der Waals surface area contributed by atoms with Crippen LogP contribution in [0.25, 0.3) is 44.3 Å². The number of hydrogen-bond acceptors (Lipinski definition) is 6. The summed E-state index contributed by atoms with van der Waals surface area (Å²) in [4.78, 5) is 24.7. The Hall–Kier alpha value is -4.15. The standard InChI is InChI=1S/C25H22FN7O2/c1-33-10-15(7-30-33)19-6-16-20(9-28-19)31-24-23(16)22(17(26)8-29-24)13-2-4-14(5-3-13)25(34)32-21-12-35-11-18(21)27/h2-10,18,21H,11-12,27H2,1H3,(H,29,31)(H,32,34)/t18-,21-/m0/s1. The summed E-state index contributed by atoms with van der Waals surface area (Å²) in [5.41, 5.74) is 10.3. The van der Waals surface area contributed by atoms with Gasteiger partial charge in [0.05, 0.1) is 55.1 Å². The fourth-order valence-corrected chi connectivity index (χ4v) is 4.49. The molecule has 1 aliphatic heterocycles. The highest BCUT2D eigenvalue weighted by atomic mass is 19.1. The lowest BCUT2D eigenvalue weighted by atomic mass is 9.99. The van der Waals surface area contributed by atoms with E-state index in [1.54, 1.807) is 41.3 Å². The first-order chi connectivity index (χ1) is 17.0. The predicted octanol–water partition coefficient (Wildman–Crippen LogP) is 2.77. The quantitative estimate of drug-likeness (QED) is 0.370. The molecular weight excluding hydrogens is 449 g/mol. The van der Waals surface area contributed by atoms with Crippen molar-refractivity contribution in [1.82, 2.24) is 30.0 Å². The van der Waals surface area contributed by atoms with Gasteiger partial charge in [0.15, 0.2) is 0 Å². The van der Waals surface area contributed by atoms with Gasteiger partial charge in [-0.05, 0) is 23.8 Å². The number of benzene rings is 1. The highest BCUT2D eigenvalue weighted by Crippen LogP contribution is 2.36. The van der Waals surface area contributed by atoms with Crippen molar-refractivity contribution in [1.29, 1.82) is 0 Å². The van der Waals surface area contributed by atoms with Crippen LogP contribution in [0.15, 0.2) is 55.1 Å². The van der Waals surface area contributed by atoms with E-state index < -0.39 is 5.82 Å². The number of rotatable bonds is 4. The van der Waals surface area contributed by atoms with Crippen LogP contribution >= 0.6 is 0 Å². The number of carbonyl (C=O) groups is 1. The Kier molecular flexibility index (Phi) is 5.05. The van der Waals surface area contributed by atoms with E-state index in [9.17, 15) is 4.79 Å². The molecule has 1 fully saturated rings. The number of H-pyrrole nitrogens is 1. The summed E-state index contributed by atoms with van der Waals surface area (Å²) >= 11 is 0. The Labute approximate surface area is 199 Å². The molecule has 35 heavy (non-hydrogen) atoms. The second-order valence-corrected chi connectivity index (χ2v) is 8.71. The summed E-state index contributed by atoms with van der Waals surface area (Å²) in [5, 5.41) is 8.56. The van der Waals surface area contributed by atoms with E-state index in [-0.39, 0.29) is 18.0 Å². The van der Waals surface area contributed by atoms with Crippen molar-refractivity contribution in [3.05, 3.63) is 66.5 Å². The molecule has 0 radical (unpaired) electrons. The fourth-order valence-electron chi connectivity index (χ4n) is 4.49. The number of fused-ring (bicyclic) bond motifs is 3. The van der Waals surface area contributed by atoms with Crippen molar-refractivity contribution >= 4 is 27.8 Å². The minimum Gasteiger partial charge on any atom is -0.378 e. The molecule has 5 aromatic rings. The number of nitrogens with two attached hydrogens (primary N) is 1. The van der Waals surface area contributed by atoms with E-state index in [0.29, 0.717) is 40.9 Å². The van der Waals surface area contributed by atoms with Gasteiger partial charge < -0.3 is 20.8 Å². The number of pyridine rings is 2. The average molecular weight is 471 g/mol. The second kappa shape index (κ2) is 8.26. The Balaban J connectivity index is 1.41. The van der Waals surface area contributed by atoms with Gasteiger partial charge in [0, 0.05) is 40.7 Å². The second-order valence-electron chi connectivity index (χ2n) is 8.71. The first-order valence-corrected chi connectivity index (χ1v) is 11.2. The zero-order valence-electron chi connectivity index (χ0n) is 18.8. The van der Waals surface area contributed by atoms with Crippen LogP contribution in [-0.4, -0.2) is 55.9 Å². The maximum Gasteiger partial charge on any atom is 0.251 e. The number of nitrogens with one attached hydrogen (secondary N) is 2. The summed E-state index contributed by atoms with van der Waals surface area (Å²) in [7, 11) is 1.84. The minimum absolute atomic E-state index is 0.228. The maximum atomic E-state index is 15.2. The smallest absolute Gasteiger partial charge is 0.251 e. The van der Waals surface area contributed by atoms with Gasteiger partial charge >= 0.3 is 0 Å². The SMILES string of the molecule is Cn1cc(-c2cc3c(cn2)[nH]c2ncc(F)c(-c4ccc(C(=O)N[C@H]5COC[C@@H]5N)cc4)c23)cn1. The molecule has 6 rings (SSSR count). The lowest BCUT2D eigenvalue weighted by molar-refractivity contribution is 0.0928. The van der Waals surface area contributed by atoms with Gasteiger partial charge in [-0.1, -0.05) is 12.1 Å².